The van der Waals surface area contributed by atoms with Crippen molar-refractivity contribution in [3.63, 3.8) is 0 Å². The molecule has 1 unspecified atom stereocenters. The van der Waals surface area contributed by atoms with Crippen LogP contribution in [0.5, 0.6) is 0 Å². The highest BCUT2D eigenvalue weighted by Crippen LogP contribution is 2.27. The number of carbonyl (C=O) groups is 1. The Morgan fingerprint density at radius 3 is 2.78 bits per heavy atom. The third-order valence-corrected chi connectivity index (χ3v) is 3.23. The van der Waals surface area contributed by atoms with E-state index in [0.717, 1.165) is 17.0 Å². The van der Waals surface area contributed by atoms with E-state index in [0.29, 0.717) is 19.4 Å². The third kappa shape index (κ3) is 2.75. The van der Waals surface area contributed by atoms with Crippen LogP contribution in [0.15, 0.2) is 23.8 Å². The van der Waals surface area contributed by atoms with Crippen molar-refractivity contribution in [3.05, 3.63) is 23.8 Å². The fraction of sp³-hybridized carbons (Fsp3) is 0.583. The zero-order valence-corrected chi connectivity index (χ0v) is 9.83. The van der Waals surface area contributed by atoms with Crippen molar-refractivity contribution in [2.75, 3.05) is 19.6 Å². The van der Waals surface area contributed by atoms with Crippen LogP contribution in [0.3, 0.4) is 0 Å². The van der Waals surface area contributed by atoms with Crippen LogP contribution >= 0.6 is 0 Å². The molecule has 2 heterocycles. The molecule has 0 saturated carbocycles. The summed E-state index contributed by atoms with van der Waals surface area (Å²) in [7, 11) is 0. The molecule has 0 aromatic carbocycles. The second-order valence-electron chi connectivity index (χ2n) is 4.41. The van der Waals surface area contributed by atoms with Gasteiger partial charge in [0.15, 0.2) is 0 Å². The van der Waals surface area contributed by atoms with Crippen LogP contribution in [0, 0.1) is 0 Å². The number of carbonyl (C=O) groups excluding carboxylic acids is 1. The van der Waals surface area contributed by atoms with Gasteiger partial charge >= 0.3 is 12.1 Å². The van der Waals surface area contributed by atoms with Gasteiger partial charge in [0, 0.05) is 13.1 Å². The van der Waals surface area contributed by atoms with Crippen LogP contribution in [0.2, 0.25) is 0 Å². The Kier molecular flexibility index (Phi) is 3.75. The van der Waals surface area contributed by atoms with E-state index in [4.69, 9.17) is 0 Å². The summed E-state index contributed by atoms with van der Waals surface area (Å²) in [4.78, 5) is 12.3. The Labute approximate surface area is 103 Å². The van der Waals surface area contributed by atoms with Gasteiger partial charge in [0.05, 0.1) is 6.04 Å². The predicted octanol–water partition coefficient (Wildman–Crippen LogP) is 1.63. The molecule has 0 aromatic rings. The van der Waals surface area contributed by atoms with Gasteiger partial charge in [-0.25, -0.2) is 0 Å². The first-order valence-electron chi connectivity index (χ1n) is 5.92. The van der Waals surface area contributed by atoms with Gasteiger partial charge in [0.25, 0.3) is 0 Å². The molecule has 0 bridgehead atoms. The Bertz CT molecular complexity index is 387. The van der Waals surface area contributed by atoms with E-state index in [1.165, 1.54) is 0 Å². The molecule has 18 heavy (non-hydrogen) atoms. The highest BCUT2D eigenvalue weighted by atomic mass is 19.4. The maximum absolute atomic E-state index is 12.5. The predicted molar refractivity (Wildman–Crippen MR) is 60.9 cm³/mol. The lowest BCUT2D eigenvalue weighted by atomic mass is 9.94. The molecule has 1 amide bonds. The summed E-state index contributed by atoms with van der Waals surface area (Å²) >= 11 is 0. The first kappa shape index (κ1) is 13.1. The van der Waals surface area contributed by atoms with E-state index in [2.05, 4.69) is 5.32 Å². The molecule has 0 saturated heterocycles. The molecule has 1 atom stereocenters. The van der Waals surface area contributed by atoms with Crippen molar-refractivity contribution in [3.8, 4) is 0 Å². The van der Waals surface area contributed by atoms with Crippen molar-refractivity contribution in [2.45, 2.75) is 25.1 Å². The van der Waals surface area contributed by atoms with Crippen LogP contribution in [-0.4, -0.2) is 42.7 Å². The summed E-state index contributed by atoms with van der Waals surface area (Å²) in [5, 5.41) is 3.11. The van der Waals surface area contributed by atoms with Gasteiger partial charge in [-0.3, -0.25) is 4.79 Å². The van der Waals surface area contributed by atoms with Gasteiger partial charge in [-0.15, -0.1) is 0 Å². The zero-order chi connectivity index (χ0) is 13.2. The van der Waals surface area contributed by atoms with Crippen LogP contribution < -0.4 is 5.32 Å². The lowest BCUT2D eigenvalue weighted by molar-refractivity contribution is -0.186. The summed E-state index contributed by atoms with van der Waals surface area (Å²) in [6.45, 7) is 1.44. The number of hydrogen-bond donors (Lipinski definition) is 1. The second-order valence-corrected chi connectivity index (χ2v) is 4.41. The number of nitrogens with one attached hydrogen (secondary N) is 1. The molecule has 1 N–H and O–H groups in total. The van der Waals surface area contributed by atoms with Gasteiger partial charge in [-0.05, 0) is 25.0 Å². The van der Waals surface area contributed by atoms with Crippen LogP contribution in [-0.2, 0) is 4.79 Å². The number of hydrogen-bond acceptors (Lipinski definition) is 2. The zero-order valence-electron chi connectivity index (χ0n) is 9.83. The number of alkyl halides is 3. The highest BCUT2D eigenvalue weighted by Gasteiger charge is 2.45. The summed E-state index contributed by atoms with van der Waals surface area (Å²) in [5.41, 5.74) is 0.927. The molecule has 0 fully saturated rings. The van der Waals surface area contributed by atoms with E-state index >= 15 is 0 Å². The van der Waals surface area contributed by atoms with E-state index in [9.17, 15) is 18.0 Å². The van der Waals surface area contributed by atoms with Crippen LogP contribution in [0.1, 0.15) is 12.8 Å². The molecule has 6 heteroatoms. The van der Waals surface area contributed by atoms with Crippen LogP contribution in [0.25, 0.3) is 0 Å². The molecule has 100 valence electrons. The van der Waals surface area contributed by atoms with Crippen molar-refractivity contribution < 1.29 is 18.0 Å². The number of rotatable bonds is 1. The average molecular weight is 260 g/mol. The molecule has 3 nitrogen and oxygen atoms in total. The van der Waals surface area contributed by atoms with Crippen molar-refractivity contribution in [1.29, 1.82) is 0 Å². The van der Waals surface area contributed by atoms with Gasteiger partial charge in [-0.1, -0.05) is 18.2 Å². The Hall–Kier alpha value is -1.30. The second kappa shape index (κ2) is 5.14. The van der Waals surface area contributed by atoms with Crippen molar-refractivity contribution >= 4 is 5.91 Å². The molecule has 0 spiro atoms. The SMILES string of the molecule is O=C(N1CC=CCC1C1=CCNCC1)C(F)(F)F. The minimum atomic E-state index is -4.79. The Balaban J connectivity index is 2.19. The number of amides is 1. The fourth-order valence-corrected chi connectivity index (χ4v) is 2.35. The largest absolute Gasteiger partial charge is 0.471 e. The van der Waals surface area contributed by atoms with Gasteiger partial charge in [0.2, 0.25) is 0 Å². The van der Waals surface area contributed by atoms with Gasteiger partial charge in [0.1, 0.15) is 0 Å². The molecule has 0 radical (unpaired) electrons. The van der Waals surface area contributed by atoms with E-state index in [-0.39, 0.29) is 6.54 Å². The molecule has 0 aliphatic carbocycles. The molecule has 2 aliphatic rings. The molecular formula is C12H15F3N2O. The normalized spacial score (nSPS) is 24.9. The number of halogens is 3. The lowest BCUT2D eigenvalue weighted by Gasteiger charge is -2.36. The Morgan fingerprint density at radius 1 is 1.39 bits per heavy atom. The van der Waals surface area contributed by atoms with E-state index < -0.39 is 18.1 Å². The first-order chi connectivity index (χ1) is 8.50. The molecule has 0 aromatic heterocycles. The van der Waals surface area contributed by atoms with Crippen LogP contribution in [0.4, 0.5) is 13.2 Å². The van der Waals surface area contributed by atoms with E-state index in [1.807, 2.05) is 12.2 Å². The summed E-state index contributed by atoms with van der Waals surface area (Å²) in [5.74, 6) is -1.74. The molecular weight excluding hydrogens is 245 g/mol. The smallest absolute Gasteiger partial charge is 0.324 e. The standard InChI is InChI=1S/C12H15F3N2O/c13-12(14,15)11(18)17-8-2-1-3-10(17)9-4-6-16-7-5-9/h1-2,4,10,16H,3,5-8H2. The highest BCUT2D eigenvalue weighted by molar-refractivity contribution is 5.82. The summed E-state index contributed by atoms with van der Waals surface area (Å²) in [6.07, 6.45) is 1.71. The quantitative estimate of drug-likeness (QED) is 0.727. The minimum Gasteiger partial charge on any atom is -0.324 e. The Morgan fingerprint density at radius 2 is 2.17 bits per heavy atom. The van der Waals surface area contributed by atoms with E-state index in [1.54, 1.807) is 6.08 Å². The minimum absolute atomic E-state index is 0.0355. The molecule has 2 aliphatic heterocycles. The fourth-order valence-electron chi connectivity index (χ4n) is 2.35. The van der Waals surface area contributed by atoms with Crippen molar-refractivity contribution in [1.82, 2.24) is 10.2 Å². The maximum atomic E-state index is 12.5. The van der Waals surface area contributed by atoms with Crippen molar-refractivity contribution in [2.24, 2.45) is 0 Å². The first-order valence-corrected chi connectivity index (χ1v) is 5.92. The topological polar surface area (TPSA) is 32.3 Å². The molecule has 2 rings (SSSR count). The monoisotopic (exact) mass is 260 g/mol. The third-order valence-electron chi connectivity index (χ3n) is 3.23. The summed E-state index contributed by atoms with van der Waals surface area (Å²) < 4.78 is 37.6. The van der Waals surface area contributed by atoms with Gasteiger partial charge < -0.3 is 10.2 Å². The number of nitrogens with zero attached hydrogens (tertiary/aromatic N) is 1. The average Bonchev–Trinajstić information content (AvgIpc) is 2.38. The summed E-state index contributed by atoms with van der Waals surface area (Å²) in [6, 6.07) is -0.439. The maximum Gasteiger partial charge on any atom is 0.471 e. The van der Waals surface area contributed by atoms with Gasteiger partial charge in [-0.2, -0.15) is 13.2 Å². The lowest BCUT2D eigenvalue weighted by Crippen LogP contribution is -2.49.